The van der Waals surface area contributed by atoms with Gasteiger partial charge in [0.05, 0.1) is 0 Å². The van der Waals surface area contributed by atoms with Gasteiger partial charge in [0.15, 0.2) is 12.4 Å². The minimum absolute atomic E-state index is 0.0220. The Morgan fingerprint density at radius 3 is 2.39 bits per heavy atom. The van der Waals surface area contributed by atoms with Crippen molar-refractivity contribution in [2.24, 2.45) is 0 Å². The minimum atomic E-state index is -1.01. The molecule has 0 amide bonds. The topological polar surface area (TPSA) is 95.7 Å². The molecule has 0 fully saturated rings. The second-order valence-corrected chi connectivity index (χ2v) is 3.45. The molecule has 0 aliphatic heterocycles. The predicted molar refractivity (Wildman–Crippen MR) is 59.4 cm³/mol. The molecule has 96 valence electrons. The molecule has 0 aliphatic carbocycles. The molecule has 0 heterocycles. The standard InChI is InChI=1S/C11H11NO6/c1-8(13)18-11-4-2-9(3-5-11)6-10(14)7-17-12(15)16/h2-5H,6-7H2,1H3. The molecule has 18 heavy (non-hydrogen) atoms. The average molecular weight is 253 g/mol. The Bertz CT molecular complexity index is 453. The lowest BCUT2D eigenvalue weighted by molar-refractivity contribution is -0.754. The van der Waals surface area contributed by atoms with E-state index in [1.807, 2.05) is 0 Å². The molecule has 0 saturated carbocycles. The highest BCUT2D eigenvalue weighted by Gasteiger charge is 2.07. The largest absolute Gasteiger partial charge is 0.427 e. The van der Waals surface area contributed by atoms with Crippen LogP contribution in [0.25, 0.3) is 0 Å². The van der Waals surface area contributed by atoms with Gasteiger partial charge < -0.3 is 9.57 Å². The monoisotopic (exact) mass is 253 g/mol. The number of benzene rings is 1. The zero-order chi connectivity index (χ0) is 13.5. The SMILES string of the molecule is CC(=O)Oc1ccc(CC(=O)CO[N+](=O)[O-])cc1. The lowest BCUT2D eigenvalue weighted by Gasteiger charge is -2.03. The van der Waals surface area contributed by atoms with Gasteiger partial charge >= 0.3 is 5.97 Å². The van der Waals surface area contributed by atoms with Crippen LogP contribution in [0.3, 0.4) is 0 Å². The third-order valence-electron chi connectivity index (χ3n) is 1.92. The number of esters is 1. The van der Waals surface area contributed by atoms with Crippen LogP contribution in [0.2, 0.25) is 0 Å². The summed E-state index contributed by atoms with van der Waals surface area (Å²) >= 11 is 0. The van der Waals surface area contributed by atoms with E-state index >= 15 is 0 Å². The molecule has 0 aromatic heterocycles. The minimum Gasteiger partial charge on any atom is -0.427 e. The highest BCUT2D eigenvalue weighted by Crippen LogP contribution is 2.12. The second-order valence-electron chi connectivity index (χ2n) is 3.45. The Balaban J connectivity index is 2.50. The molecule has 0 radical (unpaired) electrons. The fourth-order valence-electron chi connectivity index (χ4n) is 1.24. The van der Waals surface area contributed by atoms with Crippen LogP contribution >= 0.6 is 0 Å². The van der Waals surface area contributed by atoms with Crippen LogP contribution in [0.15, 0.2) is 24.3 Å². The molecule has 1 aromatic rings. The van der Waals surface area contributed by atoms with Gasteiger partial charge in [0.2, 0.25) is 0 Å². The summed E-state index contributed by atoms with van der Waals surface area (Å²) in [5.41, 5.74) is 0.655. The Morgan fingerprint density at radius 2 is 1.89 bits per heavy atom. The fourth-order valence-corrected chi connectivity index (χ4v) is 1.24. The third-order valence-corrected chi connectivity index (χ3v) is 1.92. The molecule has 0 N–H and O–H groups in total. The fraction of sp³-hybridized carbons (Fsp3) is 0.273. The van der Waals surface area contributed by atoms with Gasteiger partial charge in [0.1, 0.15) is 5.75 Å². The van der Waals surface area contributed by atoms with Crippen molar-refractivity contribution in [3.63, 3.8) is 0 Å². The number of hydrogen-bond acceptors (Lipinski definition) is 6. The number of carbonyl (C=O) groups excluding carboxylic acids is 2. The van der Waals surface area contributed by atoms with Crippen molar-refractivity contribution in [3.05, 3.63) is 39.9 Å². The number of nitrogens with zero attached hydrogens (tertiary/aromatic N) is 1. The molecule has 7 nitrogen and oxygen atoms in total. The Labute approximate surface area is 102 Å². The van der Waals surface area contributed by atoms with Crippen LogP contribution in [-0.2, 0) is 20.8 Å². The van der Waals surface area contributed by atoms with Crippen LogP contribution in [0.4, 0.5) is 0 Å². The Hall–Kier alpha value is -2.44. The summed E-state index contributed by atoms with van der Waals surface area (Å²) in [6, 6.07) is 6.28. The van der Waals surface area contributed by atoms with E-state index in [0.717, 1.165) is 0 Å². The van der Waals surface area contributed by atoms with Crippen molar-refractivity contribution < 1.29 is 24.3 Å². The maximum absolute atomic E-state index is 11.3. The lowest BCUT2D eigenvalue weighted by atomic mass is 10.1. The predicted octanol–water partition coefficient (Wildman–Crippen LogP) is 0.932. The molecule has 0 spiro atoms. The van der Waals surface area contributed by atoms with E-state index in [4.69, 9.17) is 4.74 Å². The molecule has 7 heteroatoms. The van der Waals surface area contributed by atoms with E-state index in [-0.39, 0.29) is 6.42 Å². The first-order valence-electron chi connectivity index (χ1n) is 5.03. The summed E-state index contributed by atoms with van der Waals surface area (Å²) in [6.07, 6.45) is 0.0220. The quantitative estimate of drug-likeness (QED) is 0.324. The van der Waals surface area contributed by atoms with Crippen molar-refractivity contribution in [1.82, 2.24) is 0 Å². The summed E-state index contributed by atoms with van der Waals surface area (Å²) in [5.74, 6) is -0.467. The van der Waals surface area contributed by atoms with Crippen molar-refractivity contribution in [2.75, 3.05) is 6.61 Å². The van der Waals surface area contributed by atoms with E-state index in [0.29, 0.717) is 11.3 Å². The third kappa shape index (κ3) is 5.06. The maximum atomic E-state index is 11.3. The summed E-state index contributed by atoms with van der Waals surface area (Å²) < 4.78 is 4.82. The van der Waals surface area contributed by atoms with Gasteiger partial charge in [0, 0.05) is 13.3 Å². The zero-order valence-corrected chi connectivity index (χ0v) is 9.62. The number of ketones is 1. The Kier molecular flexibility index (Phi) is 4.79. The van der Waals surface area contributed by atoms with Crippen molar-refractivity contribution in [3.8, 4) is 5.75 Å². The first-order chi connectivity index (χ1) is 8.47. The normalized spacial score (nSPS) is 9.61. The van der Waals surface area contributed by atoms with Crippen LogP contribution in [0.5, 0.6) is 5.75 Å². The van der Waals surface area contributed by atoms with E-state index < -0.39 is 23.4 Å². The van der Waals surface area contributed by atoms with Crippen molar-refractivity contribution in [2.45, 2.75) is 13.3 Å². The van der Waals surface area contributed by atoms with Gasteiger partial charge in [-0.3, -0.25) is 9.59 Å². The van der Waals surface area contributed by atoms with Gasteiger partial charge in [-0.15, -0.1) is 10.1 Å². The molecular weight excluding hydrogens is 242 g/mol. The first-order valence-corrected chi connectivity index (χ1v) is 5.03. The van der Waals surface area contributed by atoms with Crippen LogP contribution < -0.4 is 4.74 Å². The second kappa shape index (κ2) is 6.33. The Morgan fingerprint density at radius 1 is 1.28 bits per heavy atom. The van der Waals surface area contributed by atoms with Crippen LogP contribution in [0.1, 0.15) is 12.5 Å². The van der Waals surface area contributed by atoms with Gasteiger partial charge in [-0.25, -0.2) is 0 Å². The molecule has 1 aromatic carbocycles. The number of carbonyl (C=O) groups is 2. The van der Waals surface area contributed by atoms with E-state index in [1.54, 1.807) is 24.3 Å². The van der Waals surface area contributed by atoms with E-state index in [1.165, 1.54) is 6.92 Å². The number of Topliss-reactive ketones (excluding diaryl/α,β-unsaturated/α-hetero) is 1. The summed E-state index contributed by atoms with van der Waals surface area (Å²) in [6.45, 7) is 0.713. The highest BCUT2D eigenvalue weighted by molar-refractivity contribution is 5.82. The molecule has 0 bridgehead atoms. The van der Waals surface area contributed by atoms with Crippen molar-refractivity contribution >= 4 is 11.8 Å². The van der Waals surface area contributed by atoms with Crippen molar-refractivity contribution in [1.29, 1.82) is 0 Å². The van der Waals surface area contributed by atoms with Gasteiger partial charge in [0.25, 0.3) is 5.09 Å². The smallest absolute Gasteiger partial charge is 0.308 e. The van der Waals surface area contributed by atoms with Gasteiger partial charge in [-0.05, 0) is 17.7 Å². The number of ether oxygens (including phenoxy) is 1. The lowest BCUT2D eigenvalue weighted by Crippen LogP contribution is -2.14. The summed E-state index contributed by atoms with van der Waals surface area (Å²) in [5, 5.41) is 8.87. The molecule has 1 rings (SSSR count). The number of rotatable bonds is 6. The average Bonchev–Trinajstić information content (AvgIpc) is 2.28. The first kappa shape index (κ1) is 13.6. The van der Waals surface area contributed by atoms with Gasteiger partial charge in [-0.1, -0.05) is 12.1 Å². The molecule has 0 unspecified atom stereocenters. The summed E-state index contributed by atoms with van der Waals surface area (Å²) in [4.78, 5) is 35.8. The highest BCUT2D eigenvalue weighted by atomic mass is 16.9. The molecule has 0 atom stereocenters. The van der Waals surface area contributed by atoms with E-state index in [9.17, 15) is 19.7 Å². The molecule has 0 saturated heterocycles. The van der Waals surface area contributed by atoms with Crippen LogP contribution in [0, 0.1) is 10.1 Å². The summed E-state index contributed by atoms with van der Waals surface area (Å²) in [7, 11) is 0. The molecule has 0 aliphatic rings. The number of hydrogen-bond donors (Lipinski definition) is 0. The van der Waals surface area contributed by atoms with Gasteiger partial charge in [-0.2, -0.15) is 0 Å². The molecular formula is C11H11NO6. The zero-order valence-electron chi connectivity index (χ0n) is 9.62. The van der Waals surface area contributed by atoms with E-state index in [2.05, 4.69) is 4.84 Å². The maximum Gasteiger partial charge on any atom is 0.308 e. The van der Waals surface area contributed by atoms with Crippen LogP contribution in [-0.4, -0.2) is 23.4 Å².